The number of ether oxygens (including phenoxy) is 1. The molecule has 0 heterocycles. The zero-order chi connectivity index (χ0) is 49.5. The number of allylic oxidation sites excluding steroid dienone is 16. The molecule has 3 unspecified atom stereocenters. The second-order valence-corrected chi connectivity index (χ2v) is 19.1. The molecule has 68 heavy (non-hydrogen) atoms. The van der Waals surface area contributed by atoms with E-state index in [1.54, 1.807) is 0 Å². The van der Waals surface area contributed by atoms with Gasteiger partial charge in [0.05, 0.1) is 25.2 Å². The Morgan fingerprint density at radius 3 is 1.29 bits per heavy atom. The van der Waals surface area contributed by atoms with Crippen molar-refractivity contribution in [2.75, 3.05) is 6.61 Å². The van der Waals surface area contributed by atoms with Gasteiger partial charge in [0, 0.05) is 6.42 Å². The van der Waals surface area contributed by atoms with E-state index in [2.05, 4.69) is 117 Å². The van der Waals surface area contributed by atoms with E-state index in [1.165, 1.54) is 116 Å². The SMILES string of the molecule is CCCCC/C=C\C/C=C\C/C=C\C/C=C\CCCCCC(=O)OC(CCCCC/C=C/C=C/C=C/C=C/CCCCC)CC(=O)NC(CO)C(O)CCCCCCCCCCCCCCCC. The van der Waals surface area contributed by atoms with Crippen LogP contribution in [0.4, 0.5) is 0 Å². The molecule has 390 valence electrons. The predicted molar refractivity (Wildman–Crippen MR) is 296 cm³/mol. The van der Waals surface area contributed by atoms with E-state index in [9.17, 15) is 19.8 Å². The summed E-state index contributed by atoms with van der Waals surface area (Å²) in [5.74, 6) is -0.551. The highest BCUT2D eigenvalue weighted by atomic mass is 16.5. The molecule has 0 aliphatic heterocycles. The maximum absolute atomic E-state index is 13.3. The van der Waals surface area contributed by atoms with Crippen molar-refractivity contribution in [3.05, 3.63) is 97.2 Å². The molecule has 6 heteroatoms. The summed E-state index contributed by atoms with van der Waals surface area (Å²) in [6.45, 7) is 6.41. The number of esters is 1. The smallest absolute Gasteiger partial charge is 0.306 e. The van der Waals surface area contributed by atoms with Gasteiger partial charge in [-0.15, -0.1) is 0 Å². The number of aliphatic hydroxyl groups excluding tert-OH is 2. The van der Waals surface area contributed by atoms with Crippen LogP contribution in [-0.4, -0.2) is 46.9 Å². The lowest BCUT2D eigenvalue weighted by Gasteiger charge is -2.24. The number of carbonyl (C=O) groups excluding carboxylic acids is 2. The zero-order valence-electron chi connectivity index (χ0n) is 44.5. The Morgan fingerprint density at radius 1 is 0.441 bits per heavy atom. The van der Waals surface area contributed by atoms with E-state index in [0.29, 0.717) is 19.3 Å². The first-order valence-corrected chi connectivity index (χ1v) is 28.5. The van der Waals surface area contributed by atoms with Gasteiger partial charge in [0.1, 0.15) is 6.10 Å². The van der Waals surface area contributed by atoms with Crippen LogP contribution in [0.15, 0.2) is 97.2 Å². The Labute approximate surface area is 420 Å². The Morgan fingerprint density at radius 2 is 0.809 bits per heavy atom. The molecule has 0 saturated carbocycles. The summed E-state index contributed by atoms with van der Waals surface area (Å²) >= 11 is 0. The number of carbonyl (C=O) groups is 2. The summed E-state index contributed by atoms with van der Waals surface area (Å²) in [4.78, 5) is 26.3. The highest BCUT2D eigenvalue weighted by Gasteiger charge is 2.24. The lowest BCUT2D eigenvalue weighted by molar-refractivity contribution is -0.151. The first kappa shape index (κ1) is 64.8. The fourth-order valence-corrected chi connectivity index (χ4v) is 8.13. The third-order valence-electron chi connectivity index (χ3n) is 12.5. The summed E-state index contributed by atoms with van der Waals surface area (Å²) in [6, 6.07) is -0.728. The van der Waals surface area contributed by atoms with Crippen LogP contribution >= 0.6 is 0 Å². The zero-order valence-corrected chi connectivity index (χ0v) is 44.5. The number of nitrogens with one attached hydrogen (secondary N) is 1. The molecule has 0 bridgehead atoms. The Bertz CT molecular complexity index is 1340. The number of hydrogen-bond acceptors (Lipinski definition) is 5. The molecule has 6 nitrogen and oxygen atoms in total. The fraction of sp³-hybridized carbons (Fsp3) is 0.710. The molecule has 0 aromatic carbocycles. The van der Waals surface area contributed by atoms with Gasteiger partial charge in [-0.1, -0.05) is 246 Å². The number of hydrogen-bond donors (Lipinski definition) is 3. The normalized spacial score (nSPS) is 13.9. The molecular weight excluding hydrogens is 839 g/mol. The third kappa shape index (κ3) is 49.2. The molecule has 0 saturated heterocycles. The van der Waals surface area contributed by atoms with Gasteiger partial charge >= 0.3 is 5.97 Å². The van der Waals surface area contributed by atoms with Gasteiger partial charge in [-0.3, -0.25) is 9.59 Å². The van der Waals surface area contributed by atoms with Gasteiger partial charge in [0.15, 0.2) is 0 Å². The molecule has 0 radical (unpaired) electrons. The van der Waals surface area contributed by atoms with Crippen molar-refractivity contribution < 1.29 is 24.5 Å². The van der Waals surface area contributed by atoms with E-state index in [-0.39, 0.29) is 24.9 Å². The van der Waals surface area contributed by atoms with Crippen molar-refractivity contribution in [2.24, 2.45) is 0 Å². The van der Waals surface area contributed by atoms with Gasteiger partial charge < -0.3 is 20.3 Å². The van der Waals surface area contributed by atoms with Crippen LogP contribution in [-0.2, 0) is 14.3 Å². The molecular formula is C62H107NO5. The summed E-state index contributed by atoms with van der Waals surface area (Å²) in [5, 5.41) is 23.8. The van der Waals surface area contributed by atoms with Crippen LogP contribution in [0, 0.1) is 0 Å². The molecule has 3 N–H and O–H groups in total. The van der Waals surface area contributed by atoms with Gasteiger partial charge in [-0.05, 0) is 96.3 Å². The Hall–Kier alpha value is -3.22. The number of aliphatic hydroxyl groups is 2. The minimum Gasteiger partial charge on any atom is -0.462 e. The van der Waals surface area contributed by atoms with Crippen molar-refractivity contribution in [2.45, 2.75) is 277 Å². The lowest BCUT2D eigenvalue weighted by atomic mass is 10.0. The second-order valence-electron chi connectivity index (χ2n) is 19.1. The van der Waals surface area contributed by atoms with E-state index >= 15 is 0 Å². The lowest BCUT2D eigenvalue weighted by Crippen LogP contribution is -2.46. The molecule has 0 fully saturated rings. The van der Waals surface area contributed by atoms with Gasteiger partial charge in [0.2, 0.25) is 5.91 Å². The molecule has 0 rings (SSSR count). The first-order valence-electron chi connectivity index (χ1n) is 28.5. The van der Waals surface area contributed by atoms with Crippen molar-refractivity contribution in [1.29, 1.82) is 0 Å². The molecule has 1 amide bonds. The molecule has 3 atom stereocenters. The van der Waals surface area contributed by atoms with Gasteiger partial charge in [0.25, 0.3) is 0 Å². The maximum Gasteiger partial charge on any atom is 0.306 e. The maximum atomic E-state index is 13.3. The predicted octanol–water partition coefficient (Wildman–Crippen LogP) is 17.7. The molecule has 0 aromatic rings. The van der Waals surface area contributed by atoms with Crippen molar-refractivity contribution in [3.8, 4) is 0 Å². The highest BCUT2D eigenvalue weighted by Crippen LogP contribution is 2.17. The number of unbranched alkanes of at least 4 members (excludes halogenated alkanes) is 25. The van der Waals surface area contributed by atoms with Crippen LogP contribution in [0.1, 0.15) is 258 Å². The minimum absolute atomic E-state index is 0.0338. The van der Waals surface area contributed by atoms with Crippen LogP contribution in [0.25, 0.3) is 0 Å². The monoisotopic (exact) mass is 946 g/mol. The topological polar surface area (TPSA) is 95.9 Å². The second kappa shape index (κ2) is 54.7. The quantitative estimate of drug-likeness (QED) is 0.0244. The molecule has 0 aliphatic rings. The van der Waals surface area contributed by atoms with Crippen molar-refractivity contribution in [3.63, 3.8) is 0 Å². The minimum atomic E-state index is -0.811. The van der Waals surface area contributed by atoms with E-state index < -0.39 is 18.2 Å². The third-order valence-corrected chi connectivity index (χ3v) is 12.5. The van der Waals surface area contributed by atoms with Crippen molar-refractivity contribution in [1.82, 2.24) is 5.32 Å². The number of amides is 1. The first-order chi connectivity index (χ1) is 33.5. The highest BCUT2D eigenvalue weighted by molar-refractivity contribution is 5.77. The van der Waals surface area contributed by atoms with Crippen LogP contribution < -0.4 is 5.32 Å². The van der Waals surface area contributed by atoms with E-state index in [1.807, 2.05) is 6.08 Å². The Balaban J connectivity index is 4.72. The summed E-state index contributed by atoms with van der Waals surface area (Å²) in [5.41, 5.74) is 0. The average molecular weight is 947 g/mol. The van der Waals surface area contributed by atoms with E-state index in [0.717, 1.165) is 96.3 Å². The fourth-order valence-electron chi connectivity index (χ4n) is 8.13. The van der Waals surface area contributed by atoms with E-state index in [4.69, 9.17) is 4.74 Å². The average Bonchev–Trinajstić information content (AvgIpc) is 3.33. The Kier molecular flexibility index (Phi) is 52.1. The largest absolute Gasteiger partial charge is 0.462 e. The molecule has 0 aliphatic carbocycles. The summed E-state index contributed by atoms with van der Waals surface area (Å²) < 4.78 is 5.93. The molecule has 0 spiro atoms. The summed E-state index contributed by atoms with van der Waals surface area (Å²) in [6.07, 6.45) is 73.2. The number of rotatable bonds is 50. The standard InChI is InChI=1S/C62H107NO5/c1-4-7-10-13-16-19-22-25-28-30-31-32-34-37-40-43-46-49-52-55-62(67)68-58(53-50-47-44-41-38-35-33-29-26-23-20-17-14-11-8-5-2)56-61(66)63-59(57-64)60(65)54-51-48-45-42-39-36-27-24-21-18-15-12-9-6-3/h16-17,19-20,23,25-26,28-29,31-33,35,37-38,40,58-60,64-65H,4-15,18,21-22,24,27,30,34,36,39,41-57H2,1-3H3,(H,63,66)/b19-16-,20-17+,26-23+,28-25-,32-31-,33-29+,38-35+,40-37-. The summed E-state index contributed by atoms with van der Waals surface area (Å²) in [7, 11) is 0. The van der Waals surface area contributed by atoms with Gasteiger partial charge in [-0.25, -0.2) is 0 Å². The van der Waals surface area contributed by atoms with Crippen molar-refractivity contribution >= 4 is 11.9 Å². The van der Waals surface area contributed by atoms with Crippen LogP contribution in [0.5, 0.6) is 0 Å². The van der Waals surface area contributed by atoms with Crippen LogP contribution in [0.3, 0.4) is 0 Å². The van der Waals surface area contributed by atoms with Gasteiger partial charge in [-0.2, -0.15) is 0 Å². The molecule has 0 aromatic heterocycles. The van der Waals surface area contributed by atoms with Crippen LogP contribution in [0.2, 0.25) is 0 Å².